The normalized spacial score (nSPS) is 13.2. The van der Waals surface area contributed by atoms with Gasteiger partial charge in [-0.25, -0.2) is 9.59 Å². The number of rotatable bonds is 6. The topological polar surface area (TPSA) is 108 Å². The maximum absolute atomic E-state index is 12.7. The quantitative estimate of drug-likeness (QED) is 0.710. The van der Waals surface area contributed by atoms with Crippen LogP contribution in [0, 0.1) is 13.8 Å². The molecule has 1 fully saturated rings. The van der Waals surface area contributed by atoms with E-state index in [9.17, 15) is 14.4 Å². The minimum absolute atomic E-state index is 0.160. The second kappa shape index (κ2) is 7.99. The van der Waals surface area contributed by atoms with Gasteiger partial charge in [0.15, 0.2) is 6.61 Å². The van der Waals surface area contributed by atoms with Gasteiger partial charge >= 0.3 is 12.0 Å². The molecule has 8 heteroatoms. The zero-order valence-corrected chi connectivity index (χ0v) is 15.6. The van der Waals surface area contributed by atoms with E-state index in [4.69, 9.17) is 9.84 Å². The number of aryl methyl sites for hydroxylation is 2. The van der Waals surface area contributed by atoms with Crippen LogP contribution in [0.25, 0.3) is 0 Å². The fourth-order valence-corrected chi connectivity index (χ4v) is 3.12. The minimum atomic E-state index is -1.06. The summed E-state index contributed by atoms with van der Waals surface area (Å²) < 4.78 is 5.29. The Morgan fingerprint density at radius 1 is 1.21 bits per heavy atom. The molecule has 0 radical (unpaired) electrons. The van der Waals surface area contributed by atoms with Gasteiger partial charge in [-0.05, 0) is 55.3 Å². The highest BCUT2D eigenvalue weighted by Crippen LogP contribution is 2.26. The van der Waals surface area contributed by atoms with Gasteiger partial charge in [-0.2, -0.15) is 0 Å². The number of hydrogen-bond acceptors (Lipinski definition) is 4. The molecule has 1 aliphatic heterocycles. The first-order chi connectivity index (χ1) is 13.3. The second-order valence-electron chi connectivity index (χ2n) is 6.51. The molecule has 0 bridgehead atoms. The van der Waals surface area contributed by atoms with Crippen LogP contribution in [-0.2, 0) is 4.79 Å². The molecule has 146 valence electrons. The van der Waals surface area contributed by atoms with Gasteiger partial charge in [0.25, 0.3) is 5.91 Å². The van der Waals surface area contributed by atoms with E-state index in [-0.39, 0.29) is 11.9 Å². The van der Waals surface area contributed by atoms with Crippen LogP contribution >= 0.6 is 0 Å². The lowest BCUT2D eigenvalue weighted by Gasteiger charge is -2.16. The lowest BCUT2D eigenvalue weighted by molar-refractivity contribution is -0.139. The fraction of sp³-hybridized carbons (Fsp3) is 0.250. The summed E-state index contributed by atoms with van der Waals surface area (Å²) >= 11 is 0. The van der Waals surface area contributed by atoms with Crippen molar-refractivity contribution in [1.82, 2.24) is 5.32 Å². The molecule has 3 rings (SSSR count). The Morgan fingerprint density at radius 2 is 1.93 bits per heavy atom. The van der Waals surface area contributed by atoms with E-state index in [1.807, 2.05) is 6.07 Å². The van der Waals surface area contributed by atoms with Crippen molar-refractivity contribution >= 4 is 29.3 Å². The Kier molecular flexibility index (Phi) is 5.49. The highest BCUT2D eigenvalue weighted by molar-refractivity contribution is 6.05. The summed E-state index contributed by atoms with van der Waals surface area (Å²) in [5.41, 5.74) is 3.06. The van der Waals surface area contributed by atoms with Crippen molar-refractivity contribution in [3.63, 3.8) is 0 Å². The van der Waals surface area contributed by atoms with E-state index in [0.29, 0.717) is 46.9 Å². The Labute approximate surface area is 162 Å². The highest BCUT2D eigenvalue weighted by atomic mass is 16.5. The third-order valence-electron chi connectivity index (χ3n) is 4.33. The van der Waals surface area contributed by atoms with Gasteiger partial charge in [0.05, 0.1) is 0 Å². The number of amides is 3. The molecule has 1 saturated heterocycles. The first-order valence-electron chi connectivity index (χ1n) is 8.78. The number of carboxylic acids is 1. The van der Waals surface area contributed by atoms with Crippen LogP contribution in [0.4, 0.5) is 16.2 Å². The summed E-state index contributed by atoms with van der Waals surface area (Å²) in [5.74, 6) is -0.910. The van der Waals surface area contributed by atoms with Crippen LogP contribution in [0.1, 0.15) is 21.5 Å². The van der Waals surface area contributed by atoms with Crippen molar-refractivity contribution in [2.75, 3.05) is 29.9 Å². The second-order valence-corrected chi connectivity index (χ2v) is 6.51. The molecule has 0 unspecified atom stereocenters. The van der Waals surface area contributed by atoms with Gasteiger partial charge in [0.1, 0.15) is 5.75 Å². The van der Waals surface area contributed by atoms with Crippen LogP contribution in [0.15, 0.2) is 36.4 Å². The maximum Gasteiger partial charge on any atom is 0.341 e. The van der Waals surface area contributed by atoms with E-state index >= 15 is 0 Å². The number of aliphatic carboxylic acids is 1. The standard InChI is InChI=1S/C20H21N3O5/c1-12-8-14(9-13(2)18(12)28-11-17(24)25)19(26)22-15-4-3-5-16(10-15)23-7-6-21-20(23)27/h3-5,8-10H,6-7,11H2,1-2H3,(H,21,27)(H,22,26)(H,24,25). The molecule has 1 heterocycles. The molecule has 0 atom stereocenters. The van der Waals surface area contributed by atoms with Crippen molar-refractivity contribution in [3.8, 4) is 5.75 Å². The van der Waals surface area contributed by atoms with Gasteiger partial charge in [-0.1, -0.05) is 6.07 Å². The molecule has 0 aliphatic carbocycles. The van der Waals surface area contributed by atoms with E-state index < -0.39 is 12.6 Å². The van der Waals surface area contributed by atoms with Crippen molar-refractivity contribution in [2.24, 2.45) is 0 Å². The summed E-state index contributed by atoms with van der Waals surface area (Å²) in [7, 11) is 0. The van der Waals surface area contributed by atoms with E-state index in [1.165, 1.54) is 0 Å². The van der Waals surface area contributed by atoms with Crippen molar-refractivity contribution in [1.29, 1.82) is 0 Å². The Hall–Kier alpha value is -3.55. The fourth-order valence-electron chi connectivity index (χ4n) is 3.12. The zero-order chi connectivity index (χ0) is 20.3. The Bertz CT molecular complexity index is 918. The molecule has 28 heavy (non-hydrogen) atoms. The number of urea groups is 1. The third-order valence-corrected chi connectivity index (χ3v) is 4.33. The van der Waals surface area contributed by atoms with Crippen molar-refractivity contribution < 1.29 is 24.2 Å². The first kappa shape index (κ1) is 19.2. The summed E-state index contributed by atoms with van der Waals surface area (Å²) in [4.78, 5) is 36.8. The molecule has 1 aliphatic rings. The number of hydrogen-bond donors (Lipinski definition) is 3. The number of anilines is 2. The molecular formula is C20H21N3O5. The molecule has 3 amide bonds. The molecule has 0 spiro atoms. The number of carbonyl (C=O) groups excluding carboxylic acids is 2. The molecule has 2 aromatic carbocycles. The SMILES string of the molecule is Cc1cc(C(=O)Nc2cccc(N3CCNC3=O)c2)cc(C)c1OCC(=O)O. The van der Waals surface area contributed by atoms with Crippen LogP contribution in [0.5, 0.6) is 5.75 Å². The summed E-state index contributed by atoms with van der Waals surface area (Å²) in [6, 6.07) is 10.2. The predicted molar refractivity (Wildman–Crippen MR) is 104 cm³/mol. The largest absolute Gasteiger partial charge is 0.481 e. The third kappa shape index (κ3) is 4.22. The maximum atomic E-state index is 12.7. The molecule has 3 N–H and O–H groups in total. The summed E-state index contributed by atoms with van der Waals surface area (Å²) in [6.45, 7) is 4.24. The number of nitrogens with one attached hydrogen (secondary N) is 2. The van der Waals surface area contributed by atoms with Gasteiger partial charge in [-0.3, -0.25) is 9.69 Å². The first-order valence-corrected chi connectivity index (χ1v) is 8.78. The van der Waals surface area contributed by atoms with E-state index in [2.05, 4.69) is 10.6 Å². The lowest BCUT2D eigenvalue weighted by atomic mass is 10.0. The monoisotopic (exact) mass is 383 g/mol. The Balaban J connectivity index is 1.76. The van der Waals surface area contributed by atoms with E-state index in [1.54, 1.807) is 49.1 Å². The molecule has 8 nitrogen and oxygen atoms in total. The summed E-state index contributed by atoms with van der Waals surface area (Å²) in [6.07, 6.45) is 0. The predicted octanol–water partition coefficient (Wildman–Crippen LogP) is 2.55. The lowest BCUT2D eigenvalue weighted by Crippen LogP contribution is -2.27. The minimum Gasteiger partial charge on any atom is -0.481 e. The van der Waals surface area contributed by atoms with Crippen molar-refractivity contribution in [2.45, 2.75) is 13.8 Å². The number of nitrogens with zero attached hydrogens (tertiary/aromatic N) is 1. The number of ether oxygens (including phenoxy) is 1. The molecule has 2 aromatic rings. The highest BCUT2D eigenvalue weighted by Gasteiger charge is 2.21. The average Bonchev–Trinajstić information content (AvgIpc) is 3.07. The van der Waals surface area contributed by atoms with Crippen LogP contribution in [0.2, 0.25) is 0 Å². The summed E-state index contributed by atoms with van der Waals surface area (Å²) in [5, 5.41) is 14.3. The molecule has 0 saturated carbocycles. The number of benzene rings is 2. The van der Waals surface area contributed by atoms with Crippen LogP contribution < -0.4 is 20.3 Å². The molecule has 0 aromatic heterocycles. The zero-order valence-electron chi connectivity index (χ0n) is 15.6. The van der Waals surface area contributed by atoms with Gasteiger partial charge in [0, 0.05) is 30.0 Å². The van der Waals surface area contributed by atoms with Crippen molar-refractivity contribution in [3.05, 3.63) is 53.1 Å². The van der Waals surface area contributed by atoms with E-state index in [0.717, 1.165) is 0 Å². The van der Waals surface area contributed by atoms with Gasteiger partial charge < -0.3 is 20.5 Å². The number of carbonyl (C=O) groups is 3. The van der Waals surface area contributed by atoms with Crippen LogP contribution in [-0.4, -0.2) is 42.7 Å². The van der Waals surface area contributed by atoms with Gasteiger partial charge in [0.2, 0.25) is 0 Å². The van der Waals surface area contributed by atoms with Crippen LogP contribution in [0.3, 0.4) is 0 Å². The Morgan fingerprint density at radius 3 is 2.54 bits per heavy atom. The molecular weight excluding hydrogens is 362 g/mol. The average molecular weight is 383 g/mol. The number of carboxylic acid groups (broad SMARTS) is 1. The smallest absolute Gasteiger partial charge is 0.341 e. The van der Waals surface area contributed by atoms with Gasteiger partial charge in [-0.15, -0.1) is 0 Å².